The Balaban J connectivity index is 2.34. The lowest BCUT2D eigenvalue weighted by Gasteiger charge is -2.31. The number of carboxylic acids is 2. The molecule has 16 N–H and O–H groups in total. The highest BCUT2D eigenvalue weighted by Crippen LogP contribution is 2.21. The SMILES string of the molecule is CC(C)C[C@H](NC(=O)CNC(=O)[C@H](CC(C)C)NC(=O)[C@@H](N)C(C)C)C(=O)N[C@@H](CCC(=O)O)C(=O)N[C@@H](Cc1cnc[nH]1)C(=O)N[C@@H](CC(C)C)C(=O)N1CCC[C@H]1C(=O)N[C@@H](CCCN=C(N)N)C(=O)O. The highest BCUT2D eigenvalue weighted by atomic mass is 16.4. The van der Waals surface area contributed by atoms with Gasteiger partial charge in [0.25, 0.3) is 0 Å². The highest BCUT2D eigenvalue weighted by Gasteiger charge is 2.40. The molecule has 0 saturated carbocycles. The summed E-state index contributed by atoms with van der Waals surface area (Å²) < 4.78 is 0. The van der Waals surface area contributed by atoms with Gasteiger partial charge < -0.3 is 74.5 Å². The molecule has 0 spiro atoms. The lowest BCUT2D eigenvalue weighted by molar-refractivity contribution is -0.145. The van der Waals surface area contributed by atoms with Crippen LogP contribution in [0.5, 0.6) is 0 Å². The second kappa shape index (κ2) is 30.9. The van der Waals surface area contributed by atoms with Crippen LogP contribution >= 0.6 is 0 Å². The number of aromatic nitrogens is 2. The molecular formula is C47H80N14O12. The van der Waals surface area contributed by atoms with Crippen LogP contribution in [0.15, 0.2) is 17.5 Å². The van der Waals surface area contributed by atoms with Crippen LogP contribution in [0.25, 0.3) is 0 Å². The number of guanidine groups is 1. The van der Waals surface area contributed by atoms with Crippen LogP contribution in [0, 0.1) is 23.7 Å². The van der Waals surface area contributed by atoms with Gasteiger partial charge in [-0.3, -0.25) is 48.1 Å². The fourth-order valence-electron chi connectivity index (χ4n) is 7.92. The summed E-state index contributed by atoms with van der Waals surface area (Å²) in [5, 5.41) is 37.5. The molecule has 1 fully saturated rings. The number of nitrogens with two attached hydrogens (primary N) is 3. The van der Waals surface area contributed by atoms with E-state index in [0.29, 0.717) is 12.1 Å². The van der Waals surface area contributed by atoms with Gasteiger partial charge in [0, 0.05) is 37.8 Å². The van der Waals surface area contributed by atoms with Crippen molar-refractivity contribution in [3.8, 4) is 0 Å². The van der Waals surface area contributed by atoms with Gasteiger partial charge in [-0.05, 0) is 75.0 Å². The summed E-state index contributed by atoms with van der Waals surface area (Å²) in [6.07, 6.45) is 2.74. The Morgan fingerprint density at radius 1 is 0.712 bits per heavy atom. The van der Waals surface area contributed by atoms with Gasteiger partial charge in [0.2, 0.25) is 47.3 Å². The third-order valence-corrected chi connectivity index (χ3v) is 11.8. The van der Waals surface area contributed by atoms with Crippen molar-refractivity contribution in [1.29, 1.82) is 0 Å². The average molecular weight is 1030 g/mol. The van der Waals surface area contributed by atoms with Crippen molar-refractivity contribution in [3.63, 3.8) is 0 Å². The topological polar surface area (TPSA) is 418 Å². The molecule has 0 aromatic carbocycles. The molecule has 2 rings (SSSR count). The van der Waals surface area contributed by atoms with Crippen molar-refractivity contribution in [2.75, 3.05) is 19.6 Å². The summed E-state index contributed by atoms with van der Waals surface area (Å²) in [6, 6.07) is -9.77. The first-order chi connectivity index (χ1) is 34.2. The molecule has 410 valence electrons. The normalized spacial score (nSPS) is 16.3. The number of aliphatic carboxylic acids is 2. The number of hydrogen-bond acceptors (Lipinski definition) is 13. The monoisotopic (exact) mass is 1030 g/mol. The number of likely N-dealkylation sites (tertiary alicyclic amines) is 1. The van der Waals surface area contributed by atoms with Gasteiger partial charge >= 0.3 is 11.9 Å². The van der Waals surface area contributed by atoms with E-state index in [-0.39, 0.29) is 87.7 Å². The van der Waals surface area contributed by atoms with Gasteiger partial charge in [-0.25, -0.2) is 9.78 Å². The Morgan fingerprint density at radius 2 is 1.26 bits per heavy atom. The van der Waals surface area contributed by atoms with Gasteiger partial charge in [0.15, 0.2) is 5.96 Å². The van der Waals surface area contributed by atoms with Crippen LogP contribution in [0.4, 0.5) is 0 Å². The van der Waals surface area contributed by atoms with E-state index in [4.69, 9.17) is 17.2 Å². The average Bonchev–Trinajstić information content (AvgIpc) is 4.01. The quantitative estimate of drug-likeness (QED) is 0.0213. The number of nitrogens with one attached hydrogen (secondary N) is 8. The van der Waals surface area contributed by atoms with Gasteiger partial charge in [0.05, 0.1) is 18.9 Å². The first kappa shape index (κ1) is 62.3. The van der Waals surface area contributed by atoms with Crippen molar-refractivity contribution in [1.82, 2.24) is 52.1 Å². The molecular weight excluding hydrogens is 953 g/mol. The number of H-pyrrole nitrogens is 1. The zero-order valence-corrected chi connectivity index (χ0v) is 43.3. The number of rotatable bonds is 32. The van der Waals surface area contributed by atoms with Gasteiger partial charge in [-0.15, -0.1) is 0 Å². The lowest BCUT2D eigenvalue weighted by Crippen LogP contribution is -2.60. The van der Waals surface area contributed by atoms with Crippen LogP contribution in [0.2, 0.25) is 0 Å². The van der Waals surface area contributed by atoms with Crippen molar-refractivity contribution < 1.29 is 58.2 Å². The lowest BCUT2D eigenvalue weighted by atomic mass is 10.0. The predicted octanol–water partition coefficient (Wildman–Crippen LogP) is -1.91. The van der Waals surface area contributed by atoms with E-state index in [0.717, 1.165) is 0 Å². The number of nitrogens with zero attached hydrogens (tertiary/aromatic N) is 3. The Morgan fingerprint density at radius 3 is 1.81 bits per heavy atom. The number of carboxylic acid groups (broad SMARTS) is 2. The molecule has 1 aliphatic rings. The number of carbonyl (C=O) groups is 10. The number of hydrogen-bond donors (Lipinski definition) is 13. The molecule has 1 saturated heterocycles. The Kier molecular flexibility index (Phi) is 26.3. The van der Waals surface area contributed by atoms with Gasteiger partial charge in [-0.2, -0.15) is 0 Å². The van der Waals surface area contributed by atoms with Crippen molar-refractivity contribution in [3.05, 3.63) is 18.2 Å². The molecule has 8 amide bonds. The summed E-state index contributed by atoms with van der Waals surface area (Å²) in [5.74, 6) is -9.34. The van der Waals surface area contributed by atoms with E-state index in [1.54, 1.807) is 41.5 Å². The minimum atomic E-state index is -1.57. The number of imidazole rings is 1. The van der Waals surface area contributed by atoms with Gasteiger partial charge in [-0.1, -0.05) is 55.4 Å². The third kappa shape index (κ3) is 22.6. The van der Waals surface area contributed by atoms with Crippen LogP contribution in [-0.4, -0.2) is 158 Å². The molecule has 26 nitrogen and oxygen atoms in total. The molecule has 8 atom stereocenters. The van der Waals surface area contributed by atoms with Crippen molar-refractivity contribution in [2.45, 2.75) is 168 Å². The van der Waals surface area contributed by atoms with Crippen LogP contribution in [-0.2, 0) is 54.4 Å². The maximum absolute atomic E-state index is 14.3. The zero-order valence-electron chi connectivity index (χ0n) is 43.3. The van der Waals surface area contributed by atoms with Crippen molar-refractivity contribution >= 4 is 65.2 Å². The number of amides is 8. The second-order valence-electron chi connectivity index (χ2n) is 20.0. The van der Waals surface area contributed by atoms with E-state index in [1.165, 1.54) is 17.4 Å². The van der Waals surface area contributed by atoms with Crippen molar-refractivity contribution in [2.24, 2.45) is 45.9 Å². The van der Waals surface area contributed by atoms with Crippen LogP contribution in [0.1, 0.15) is 119 Å². The predicted molar refractivity (Wildman–Crippen MR) is 267 cm³/mol. The maximum Gasteiger partial charge on any atom is 0.326 e. The molecule has 0 unspecified atom stereocenters. The van der Waals surface area contributed by atoms with E-state index in [1.807, 2.05) is 13.8 Å². The zero-order chi connectivity index (χ0) is 55.1. The van der Waals surface area contributed by atoms with E-state index < -0.39 is 127 Å². The highest BCUT2D eigenvalue weighted by molar-refractivity contribution is 5.98. The second-order valence-corrected chi connectivity index (χ2v) is 20.0. The summed E-state index contributed by atoms with van der Waals surface area (Å²) in [7, 11) is 0. The molecule has 1 aromatic rings. The molecule has 1 aromatic heterocycles. The Bertz CT molecular complexity index is 2060. The fourth-order valence-corrected chi connectivity index (χ4v) is 7.92. The molecule has 1 aliphatic heterocycles. The summed E-state index contributed by atoms with van der Waals surface area (Å²) >= 11 is 0. The third-order valence-electron chi connectivity index (χ3n) is 11.8. The number of aliphatic imine (C=N–C) groups is 1. The smallest absolute Gasteiger partial charge is 0.326 e. The first-order valence-electron chi connectivity index (χ1n) is 24.8. The Labute approximate surface area is 426 Å². The van der Waals surface area contributed by atoms with E-state index in [2.05, 4.69) is 52.2 Å². The van der Waals surface area contributed by atoms with Gasteiger partial charge in [0.1, 0.15) is 42.3 Å². The molecule has 0 radical (unpaired) electrons. The fraction of sp³-hybridized carbons (Fsp3) is 0.702. The summed E-state index contributed by atoms with van der Waals surface area (Å²) in [4.78, 5) is 145. The molecule has 73 heavy (non-hydrogen) atoms. The Hall–Kier alpha value is -6.86. The minimum absolute atomic E-state index is 0.00340. The summed E-state index contributed by atoms with van der Waals surface area (Å²) in [5.41, 5.74) is 17.1. The van der Waals surface area contributed by atoms with E-state index >= 15 is 0 Å². The van der Waals surface area contributed by atoms with Crippen LogP contribution in [0.3, 0.4) is 0 Å². The standard InChI is InChI=1S/C47H80N14O12/c1-24(2)17-31(59-44(70)38(48)27(7)8)39(65)53-22-36(62)55-32(18-25(3)4)41(67)56-29(13-14-37(63)64)40(66)58-33(20-28-21-51-23-54-28)42(68)60-34(19-26(5)6)45(71)61-16-10-12-35(61)43(69)57-30(46(72)73)11-9-15-52-47(49)50/h21,23-27,29-35,38H,9-20,22,48H2,1-8H3,(H,51,54)(H,53,65)(H,55,62)(H,56,67)(H,57,69)(H,58,66)(H,59,70)(H,60,68)(H,63,64)(H,72,73)(H4,49,50,52)/t29-,30-,31-,32-,33-,34-,35-,38-/m0/s1. The summed E-state index contributed by atoms with van der Waals surface area (Å²) in [6.45, 7) is 14.0. The molecule has 2 heterocycles. The maximum atomic E-state index is 14.3. The molecule has 0 bridgehead atoms. The minimum Gasteiger partial charge on any atom is -0.481 e. The number of aromatic amines is 1. The van der Waals surface area contributed by atoms with Crippen LogP contribution < -0.4 is 54.4 Å². The largest absolute Gasteiger partial charge is 0.481 e. The first-order valence-corrected chi connectivity index (χ1v) is 24.8. The molecule has 0 aliphatic carbocycles. The molecule has 26 heteroatoms. The van der Waals surface area contributed by atoms with E-state index in [9.17, 15) is 58.2 Å². The number of carbonyl (C=O) groups excluding carboxylic acids is 8.